The molecule has 12 nitrogen and oxygen atoms in total. The van der Waals surface area contributed by atoms with Crippen LogP contribution < -0.4 is 20.9 Å². The highest BCUT2D eigenvalue weighted by atomic mass is 16.5. The van der Waals surface area contributed by atoms with Gasteiger partial charge in [0.1, 0.15) is 22.9 Å². The molecule has 1 aliphatic heterocycles. The SMILES string of the molecule is CCCn1c(=O)n(C2CC2)c(=O)c2[nH]c(-c3ccc(N(CCCN4CCc5ccccc5C4=O)C(=O)c4cccc(OC)c4)nc3)nc21. The maximum Gasteiger partial charge on any atom is 0.333 e. The third-order valence-electron chi connectivity index (χ3n) is 9.02. The number of hydrogen-bond donors (Lipinski definition) is 1. The Balaban J connectivity index is 1.17. The zero-order chi connectivity index (χ0) is 33.4. The molecule has 0 radical (unpaired) electrons. The van der Waals surface area contributed by atoms with E-state index >= 15 is 0 Å². The summed E-state index contributed by atoms with van der Waals surface area (Å²) in [7, 11) is 1.55. The lowest BCUT2D eigenvalue weighted by molar-refractivity contribution is 0.0738. The number of fused-ring (bicyclic) bond motifs is 2. The second kappa shape index (κ2) is 12.9. The van der Waals surface area contributed by atoms with Crippen LogP contribution in [0.5, 0.6) is 5.75 Å². The Hall–Kier alpha value is -5.52. The van der Waals surface area contributed by atoms with Crippen LogP contribution in [0.25, 0.3) is 22.6 Å². The second-order valence-corrected chi connectivity index (χ2v) is 12.3. The lowest BCUT2D eigenvalue weighted by atomic mass is 9.99. The van der Waals surface area contributed by atoms with Gasteiger partial charge in [-0.25, -0.2) is 14.8 Å². The van der Waals surface area contributed by atoms with E-state index < -0.39 is 0 Å². The van der Waals surface area contributed by atoms with Crippen LogP contribution in [0.1, 0.15) is 64.9 Å². The van der Waals surface area contributed by atoms with Gasteiger partial charge in [0.05, 0.1) is 7.11 Å². The summed E-state index contributed by atoms with van der Waals surface area (Å²) < 4.78 is 8.27. The summed E-state index contributed by atoms with van der Waals surface area (Å²) in [6, 6.07) is 18.1. The number of imidazole rings is 1. The highest BCUT2D eigenvalue weighted by Gasteiger charge is 2.30. The fourth-order valence-electron chi connectivity index (χ4n) is 6.38. The average molecular weight is 648 g/mol. The topological polar surface area (TPSA) is 135 Å². The largest absolute Gasteiger partial charge is 0.497 e. The molecule has 1 aliphatic carbocycles. The molecular formula is C36H37N7O5. The number of ether oxygens (including phenoxy) is 1. The van der Waals surface area contributed by atoms with Crippen molar-refractivity contribution >= 4 is 28.8 Å². The molecule has 1 fully saturated rings. The Morgan fingerprint density at radius 3 is 2.62 bits per heavy atom. The molecule has 5 aromatic rings. The number of benzene rings is 2. The van der Waals surface area contributed by atoms with E-state index in [9.17, 15) is 19.2 Å². The standard InChI is InChI=1S/C36H37N7O5/c1-3-17-42-32-30(35(46)43(36(42)47)26-13-14-26)38-31(39-32)25-12-15-29(37-22-25)41(33(44)24-9-6-10-27(21-24)48-2)19-7-18-40-20-16-23-8-4-5-11-28(23)34(40)45/h4-6,8-12,15,21-22,26H,3,7,13-14,16-20H2,1-2H3,(H,38,39). The van der Waals surface area contributed by atoms with Gasteiger partial charge in [0.2, 0.25) is 0 Å². The summed E-state index contributed by atoms with van der Waals surface area (Å²) in [6.07, 6.45) is 5.28. The average Bonchev–Trinajstić information content (AvgIpc) is 3.85. The number of H-pyrrole nitrogens is 1. The Labute approximate surface area is 276 Å². The number of pyridine rings is 1. The van der Waals surface area contributed by atoms with E-state index in [0.29, 0.717) is 78.7 Å². The minimum atomic E-state index is -0.362. The van der Waals surface area contributed by atoms with E-state index in [1.807, 2.05) is 36.1 Å². The minimum absolute atomic E-state index is 0.00378. The van der Waals surface area contributed by atoms with Gasteiger partial charge in [-0.15, -0.1) is 0 Å². The molecule has 0 unspecified atom stereocenters. The lowest BCUT2D eigenvalue weighted by Gasteiger charge is -2.29. The Morgan fingerprint density at radius 2 is 1.88 bits per heavy atom. The van der Waals surface area contributed by atoms with Crippen molar-refractivity contribution in [2.45, 2.75) is 51.6 Å². The normalized spacial score (nSPS) is 14.3. The predicted octanol–water partition coefficient (Wildman–Crippen LogP) is 4.44. The van der Waals surface area contributed by atoms with Gasteiger partial charge in [-0.2, -0.15) is 0 Å². The van der Waals surface area contributed by atoms with E-state index in [0.717, 1.165) is 30.4 Å². The lowest BCUT2D eigenvalue weighted by Crippen LogP contribution is -2.40. The number of amides is 2. The second-order valence-electron chi connectivity index (χ2n) is 12.3. The van der Waals surface area contributed by atoms with Crippen LogP contribution in [-0.4, -0.2) is 67.5 Å². The Bertz CT molecular complexity index is 2130. The van der Waals surface area contributed by atoms with Crippen molar-refractivity contribution in [3.63, 3.8) is 0 Å². The molecular weight excluding hydrogens is 610 g/mol. The van der Waals surface area contributed by atoms with Crippen LogP contribution in [0.4, 0.5) is 5.82 Å². The quantitative estimate of drug-likeness (QED) is 0.224. The zero-order valence-corrected chi connectivity index (χ0v) is 27.0. The van der Waals surface area contributed by atoms with E-state index in [2.05, 4.69) is 15.0 Å². The Kier molecular flexibility index (Phi) is 8.38. The molecule has 2 amide bonds. The first-order chi connectivity index (χ1) is 23.4. The summed E-state index contributed by atoms with van der Waals surface area (Å²) >= 11 is 0. The molecule has 4 heterocycles. The van der Waals surface area contributed by atoms with Crippen LogP contribution in [-0.2, 0) is 13.0 Å². The number of hydrogen-bond acceptors (Lipinski definition) is 7. The van der Waals surface area contributed by atoms with E-state index in [4.69, 9.17) is 4.74 Å². The number of anilines is 1. The monoisotopic (exact) mass is 647 g/mol. The fourth-order valence-corrected chi connectivity index (χ4v) is 6.38. The third kappa shape index (κ3) is 5.78. The van der Waals surface area contributed by atoms with Gasteiger partial charge in [0.15, 0.2) is 5.65 Å². The highest BCUT2D eigenvalue weighted by Crippen LogP contribution is 2.32. The first kappa shape index (κ1) is 31.1. The molecule has 2 aromatic carbocycles. The number of aryl methyl sites for hydroxylation is 1. The van der Waals surface area contributed by atoms with Gasteiger partial charge >= 0.3 is 5.69 Å². The van der Waals surface area contributed by atoms with Crippen molar-refractivity contribution < 1.29 is 14.3 Å². The van der Waals surface area contributed by atoms with E-state index in [1.165, 1.54) is 4.57 Å². The molecule has 0 saturated heterocycles. The van der Waals surface area contributed by atoms with Gasteiger partial charge in [-0.05, 0) is 74.1 Å². The summed E-state index contributed by atoms with van der Waals surface area (Å²) in [5.74, 6) is 1.15. The summed E-state index contributed by atoms with van der Waals surface area (Å²) in [4.78, 5) is 69.5. The summed E-state index contributed by atoms with van der Waals surface area (Å²) in [6.45, 7) is 3.86. The fraction of sp³-hybridized carbons (Fsp3) is 0.333. The van der Waals surface area contributed by atoms with Gasteiger partial charge < -0.3 is 14.6 Å². The number of methoxy groups -OCH3 is 1. The third-order valence-corrected chi connectivity index (χ3v) is 9.02. The molecule has 48 heavy (non-hydrogen) atoms. The van der Waals surface area contributed by atoms with Crippen LogP contribution in [0.2, 0.25) is 0 Å². The van der Waals surface area contributed by atoms with Crippen LogP contribution in [0.3, 0.4) is 0 Å². The highest BCUT2D eigenvalue weighted by molar-refractivity contribution is 6.06. The Morgan fingerprint density at radius 1 is 1.04 bits per heavy atom. The van der Waals surface area contributed by atoms with Crippen molar-refractivity contribution in [1.82, 2.24) is 29.0 Å². The number of aromatic nitrogens is 5. The molecule has 0 bridgehead atoms. The maximum atomic E-state index is 13.9. The van der Waals surface area contributed by atoms with Gasteiger partial charge in [-0.1, -0.05) is 31.2 Å². The molecule has 0 spiro atoms. The number of nitrogens with one attached hydrogen (secondary N) is 1. The first-order valence-corrected chi connectivity index (χ1v) is 16.4. The smallest absolute Gasteiger partial charge is 0.333 e. The van der Waals surface area contributed by atoms with Crippen LogP contribution in [0.15, 0.2) is 76.4 Å². The van der Waals surface area contributed by atoms with Crippen molar-refractivity contribution in [1.29, 1.82) is 0 Å². The molecule has 0 atom stereocenters. The van der Waals surface area contributed by atoms with Crippen molar-refractivity contribution in [2.24, 2.45) is 0 Å². The predicted molar refractivity (Wildman–Crippen MR) is 182 cm³/mol. The first-order valence-electron chi connectivity index (χ1n) is 16.4. The van der Waals surface area contributed by atoms with E-state index in [1.54, 1.807) is 59.2 Å². The van der Waals surface area contributed by atoms with E-state index in [-0.39, 0.29) is 29.1 Å². The maximum absolute atomic E-state index is 13.9. The van der Waals surface area contributed by atoms with Crippen molar-refractivity contribution in [2.75, 3.05) is 31.6 Å². The number of carbonyl (C=O) groups is 2. The minimum Gasteiger partial charge on any atom is -0.497 e. The van der Waals surface area contributed by atoms with Gasteiger partial charge in [0.25, 0.3) is 17.4 Å². The van der Waals surface area contributed by atoms with Crippen LogP contribution in [0, 0.1) is 0 Å². The molecule has 12 heteroatoms. The number of nitrogens with zero attached hydrogens (tertiary/aromatic N) is 6. The molecule has 3 aromatic heterocycles. The van der Waals surface area contributed by atoms with Crippen LogP contribution >= 0.6 is 0 Å². The molecule has 7 rings (SSSR count). The van der Waals surface area contributed by atoms with Crippen molar-refractivity contribution in [3.05, 3.63) is 104 Å². The number of carbonyl (C=O) groups excluding carboxylic acids is 2. The molecule has 246 valence electrons. The molecule has 2 aliphatic rings. The number of aromatic amines is 1. The molecule has 1 N–H and O–H groups in total. The summed E-state index contributed by atoms with van der Waals surface area (Å²) in [5.41, 5.74) is 2.77. The molecule has 1 saturated carbocycles. The van der Waals surface area contributed by atoms with Gasteiger partial charge in [0, 0.05) is 55.1 Å². The zero-order valence-electron chi connectivity index (χ0n) is 27.0. The summed E-state index contributed by atoms with van der Waals surface area (Å²) in [5, 5.41) is 0. The van der Waals surface area contributed by atoms with Gasteiger partial charge in [-0.3, -0.25) is 28.4 Å². The number of rotatable bonds is 11. The van der Waals surface area contributed by atoms with Crippen molar-refractivity contribution in [3.8, 4) is 17.1 Å².